The van der Waals surface area contributed by atoms with Crippen LogP contribution < -0.4 is 4.74 Å². The monoisotopic (exact) mass is 255 g/mol. The van der Waals surface area contributed by atoms with Crippen LogP contribution in [0.15, 0.2) is 29.3 Å². The molecule has 0 aliphatic rings. The van der Waals surface area contributed by atoms with Gasteiger partial charge in [0.2, 0.25) is 0 Å². The standard InChI is InChI=1S/C11H13NO2S2/c1-14-9-6-4-8(5-7-9)10(13)12-11(15-2)16-3/h4-7H,1-3H3. The summed E-state index contributed by atoms with van der Waals surface area (Å²) < 4.78 is 5.78. The lowest BCUT2D eigenvalue weighted by molar-refractivity contribution is 0.100. The van der Waals surface area contributed by atoms with Gasteiger partial charge in [0.15, 0.2) is 0 Å². The third-order valence-corrected chi connectivity index (χ3v) is 3.76. The quantitative estimate of drug-likeness (QED) is 0.601. The molecule has 0 bridgehead atoms. The fraction of sp³-hybridized carbons (Fsp3) is 0.273. The first-order chi connectivity index (χ1) is 7.71. The van der Waals surface area contributed by atoms with E-state index in [2.05, 4.69) is 4.99 Å². The minimum Gasteiger partial charge on any atom is -0.497 e. The molecule has 0 spiro atoms. The average Bonchev–Trinajstić information content (AvgIpc) is 2.35. The lowest BCUT2D eigenvalue weighted by Crippen LogP contribution is -1.98. The first-order valence-electron chi connectivity index (χ1n) is 4.56. The minimum absolute atomic E-state index is 0.221. The molecule has 0 unspecified atom stereocenters. The second-order valence-electron chi connectivity index (χ2n) is 2.82. The number of benzene rings is 1. The third-order valence-electron chi connectivity index (χ3n) is 1.88. The Morgan fingerprint density at radius 2 is 1.75 bits per heavy atom. The number of ether oxygens (including phenoxy) is 1. The molecule has 0 saturated heterocycles. The predicted molar refractivity (Wildman–Crippen MR) is 71.8 cm³/mol. The van der Waals surface area contributed by atoms with Gasteiger partial charge < -0.3 is 4.74 Å². The Bertz CT molecular complexity index is 381. The SMILES string of the molecule is COc1ccc(C(=O)N=C(SC)SC)cc1. The fourth-order valence-electron chi connectivity index (χ4n) is 1.06. The number of carbonyl (C=O) groups excluding carboxylic acids is 1. The maximum Gasteiger partial charge on any atom is 0.278 e. The van der Waals surface area contributed by atoms with E-state index in [0.29, 0.717) is 5.56 Å². The second-order valence-corrected chi connectivity index (χ2v) is 4.67. The maximum atomic E-state index is 11.7. The van der Waals surface area contributed by atoms with Gasteiger partial charge in [-0.1, -0.05) is 0 Å². The highest BCUT2D eigenvalue weighted by Gasteiger charge is 2.05. The minimum atomic E-state index is -0.221. The third kappa shape index (κ3) is 3.57. The van der Waals surface area contributed by atoms with Crippen molar-refractivity contribution in [1.29, 1.82) is 0 Å². The molecule has 0 aromatic heterocycles. The zero-order valence-corrected chi connectivity index (χ0v) is 11.0. The molecule has 0 heterocycles. The number of thioether (sulfide) groups is 2. The summed E-state index contributed by atoms with van der Waals surface area (Å²) in [6.07, 6.45) is 3.80. The molecule has 3 nitrogen and oxygen atoms in total. The van der Waals surface area contributed by atoms with E-state index in [4.69, 9.17) is 4.74 Å². The molecule has 1 amide bonds. The fourth-order valence-corrected chi connectivity index (χ4v) is 2.07. The number of amides is 1. The number of hydrogen-bond acceptors (Lipinski definition) is 4. The highest BCUT2D eigenvalue weighted by molar-refractivity contribution is 8.38. The van der Waals surface area contributed by atoms with Crippen LogP contribution in [0.1, 0.15) is 10.4 Å². The molecule has 0 saturated carbocycles. The van der Waals surface area contributed by atoms with Crippen LogP contribution in [0.3, 0.4) is 0 Å². The van der Waals surface area contributed by atoms with E-state index in [9.17, 15) is 4.79 Å². The summed E-state index contributed by atoms with van der Waals surface area (Å²) in [7, 11) is 1.59. The van der Waals surface area contributed by atoms with Crippen molar-refractivity contribution in [2.45, 2.75) is 0 Å². The summed E-state index contributed by atoms with van der Waals surface area (Å²) in [5.74, 6) is 0.511. The van der Waals surface area contributed by atoms with E-state index < -0.39 is 0 Å². The summed E-state index contributed by atoms with van der Waals surface area (Å²) in [4.78, 5) is 15.7. The molecule has 1 aromatic rings. The lowest BCUT2D eigenvalue weighted by atomic mass is 10.2. The summed E-state index contributed by atoms with van der Waals surface area (Å²) in [6.45, 7) is 0. The van der Waals surface area contributed by atoms with Gasteiger partial charge in [-0.05, 0) is 36.8 Å². The van der Waals surface area contributed by atoms with Gasteiger partial charge in [-0.25, -0.2) is 0 Å². The highest BCUT2D eigenvalue weighted by atomic mass is 32.2. The van der Waals surface area contributed by atoms with Gasteiger partial charge in [0.05, 0.1) is 7.11 Å². The van der Waals surface area contributed by atoms with Crippen molar-refractivity contribution < 1.29 is 9.53 Å². The lowest BCUT2D eigenvalue weighted by Gasteiger charge is -2.01. The van der Waals surface area contributed by atoms with Gasteiger partial charge >= 0.3 is 0 Å². The first kappa shape index (κ1) is 13.1. The summed E-state index contributed by atoms with van der Waals surface area (Å²) in [6, 6.07) is 6.92. The van der Waals surface area contributed by atoms with E-state index in [-0.39, 0.29) is 5.91 Å². The van der Waals surface area contributed by atoms with Crippen molar-refractivity contribution in [2.75, 3.05) is 19.6 Å². The van der Waals surface area contributed by atoms with Gasteiger partial charge in [0.25, 0.3) is 5.91 Å². The van der Waals surface area contributed by atoms with E-state index in [1.165, 1.54) is 23.5 Å². The molecule has 0 radical (unpaired) electrons. The Morgan fingerprint density at radius 3 is 2.19 bits per heavy atom. The highest BCUT2D eigenvalue weighted by Crippen LogP contribution is 2.15. The molecule has 86 valence electrons. The van der Waals surface area contributed by atoms with Crippen LogP contribution in [0.4, 0.5) is 0 Å². The van der Waals surface area contributed by atoms with Gasteiger partial charge in [-0.15, -0.1) is 23.5 Å². The molecule has 16 heavy (non-hydrogen) atoms. The number of methoxy groups -OCH3 is 1. The van der Waals surface area contributed by atoms with Gasteiger partial charge in [-0.3, -0.25) is 4.79 Å². The van der Waals surface area contributed by atoms with Crippen LogP contribution in [-0.2, 0) is 0 Å². The van der Waals surface area contributed by atoms with Gasteiger partial charge in [-0.2, -0.15) is 4.99 Å². The predicted octanol–water partition coefficient (Wildman–Crippen LogP) is 2.92. The largest absolute Gasteiger partial charge is 0.497 e. The van der Waals surface area contributed by atoms with Crippen molar-refractivity contribution in [1.82, 2.24) is 0 Å². The smallest absolute Gasteiger partial charge is 0.278 e. The zero-order valence-electron chi connectivity index (χ0n) is 9.39. The molecule has 0 aliphatic carbocycles. The van der Waals surface area contributed by atoms with E-state index >= 15 is 0 Å². The van der Waals surface area contributed by atoms with E-state index in [1.807, 2.05) is 12.5 Å². The van der Waals surface area contributed by atoms with Gasteiger partial charge in [0.1, 0.15) is 10.1 Å². The number of rotatable bonds is 2. The maximum absolute atomic E-state index is 11.7. The number of nitrogens with zero attached hydrogens (tertiary/aromatic N) is 1. The first-order valence-corrected chi connectivity index (χ1v) is 7.01. The Labute approximate surface area is 104 Å². The zero-order chi connectivity index (χ0) is 12.0. The van der Waals surface area contributed by atoms with Crippen molar-refractivity contribution in [3.8, 4) is 5.75 Å². The van der Waals surface area contributed by atoms with Crippen LogP contribution in [0.5, 0.6) is 5.75 Å². The molecule has 1 rings (SSSR count). The average molecular weight is 255 g/mol. The Balaban J connectivity index is 2.84. The Hall–Kier alpha value is -0.940. The number of hydrogen-bond donors (Lipinski definition) is 0. The van der Waals surface area contributed by atoms with Crippen LogP contribution in [0, 0.1) is 0 Å². The molecule has 0 aliphatic heterocycles. The summed E-state index contributed by atoms with van der Waals surface area (Å²) >= 11 is 2.94. The second kappa shape index (κ2) is 6.60. The number of aliphatic imine (C=N–C) groups is 1. The molecule has 0 N–H and O–H groups in total. The van der Waals surface area contributed by atoms with E-state index in [1.54, 1.807) is 31.4 Å². The molecule has 0 fully saturated rings. The van der Waals surface area contributed by atoms with Crippen LogP contribution in [0.25, 0.3) is 0 Å². The number of carbonyl (C=O) groups is 1. The normalized spacial score (nSPS) is 9.69. The summed E-state index contributed by atoms with van der Waals surface area (Å²) in [5, 5.41) is 0. The van der Waals surface area contributed by atoms with Crippen molar-refractivity contribution >= 4 is 33.8 Å². The molecule has 1 aromatic carbocycles. The van der Waals surface area contributed by atoms with Crippen molar-refractivity contribution in [2.24, 2.45) is 4.99 Å². The van der Waals surface area contributed by atoms with E-state index in [0.717, 1.165) is 10.1 Å². The molecule has 0 atom stereocenters. The van der Waals surface area contributed by atoms with Crippen LogP contribution >= 0.6 is 23.5 Å². The topological polar surface area (TPSA) is 38.7 Å². The van der Waals surface area contributed by atoms with Crippen LogP contribution in [0.2, 0.25) is 0 Å². The molecule has 5 heteroatoms. The van der Waals surface area contributed by atoms with Crippen LogP contribution in [-0.4, -0.2) is 29.9 Å². The Morgan fingerprint density at radius 1 is 1.19 bits per heavy atom. The molecular weight excluding hydrogens is 242 g/mol. The molecular formula is C11H13NO2S2. The Kier molecular flexibility index (Phi) is 5.42. The van der Waals surface area contributed by atoms with Gasteiger partial charge in [0, 0.05) is 5.56 Å². The summed E-state index contributed by atoms with van der Waals surface area (Å²) in [5.41, 5.74) is 0.571. The van der Waals surface area contributed by atoms with Crippen molar-refractivity contribution in [3.63, 3.8) is 0 Å². The van der Waals surface area contributed by atoms with Crippen molar-refractivity contribution in [3.05, 3.63) is 29.8 Å².